The van der Waals surface area contributed by atoms with Gasteiger partial charge in [0.1, 0.15) is 0 Å². The molecule has 18 heavy (non-hydrogen) atoms. The molecular formula is C13H20N2O2S. The molecule has 0 fully saturated rings. The first-order valence-corrected chi connectivity index (χ1v) is 7.25. The van der Waals surface area contributed by atoms with Crippen LogP contribution in [0.2, 0.25) is 0 Å². The molecule has 0 aliphatic heterocycles. The highest BCUT2D eigenvalue weighted by molar-refractivity contribution is 7.99. The van der Waals surface area contributed by atoms with Crippen molar-refractivity contribution >= 4 is 17.7 Å². The lowest BCUT2D eigenvalue weighted by atomic mass is 10.2. The summed E-state index contributed by atoms with van der Waals surface area (Å²) in [4.78, 5) is 23.3. The third-order valence-corrected chi connectivity index (χ3v) is 3.58. The molecule has 1 atom stereocenters. The van der Waals surface area contributed by atoms with Gasteiger partial charge in [-0.3, -0.25) is 9.59 Å². The van der Waals surface area contributed by atoms with Gasteiger partial charge in [0.15, 0.2) is 0 Å². The number of rotatable bonds is 6. The number of pyridine rings is 1. The van der Waals surface area contributed by atoms with Gasteiger partial charge >= 0.3 is 0 Å². The van der Waals surface area contributed by atoms with Crippen LogP contribution in [0.5, 0.6) is 0 Å². The molecule has 1 aromatic heterocycles. The standard InChI is InChI=1S/C13H20N2O2S/c1-4-18-8-6-10(2)14-13(17)11-5-7-15(3)12(16)9-11/h5,7,9-10H,4,6,8H2,1-3H3,(H,14,17). The Balaban J connectivity index is 2.54. The first kappa shape index (κ1) is 14.8. The van der Waals surface area contributed by atoms with Gasteiger partial charge in [-0.15, -0.1) is 0 Å². The van der Waals surface area contributed by atoms with E-state index in [0.29, 0.717) is 5.56 Å². The molecule has 1 heterocycles. The van der Waals surface area contributed by atoms with E-state index in [1.54, 1.807) is 19.3 Å². The Labute approximate surface area is 112 Å². The Morgan fingerprint density at radius 1 is 1.56 bits per heavy atom. The van der Waals surface area contributed by atoms with Crippen molar-refractivity contribution in [3.8, 4) is 0 Å². The molecule has 1 aromatic rings. The normalized spacial score (nSPS) is 12.2. The first-order chi connectivity index (χ1) is 8.54. The van der Waals surface area contributed by atoms with E-state index < -0.39 is 0 Å². The molecule has 1 unspecified atom stereocenters. The lowest BCUT2D eigenvalue weighted by molar-refractivity contribution is 0.0939. The van der Waals surface area contributed by atoms with Gasteiger partial charge in [0.25, 0.3) is 11.5 Å². The number of hydrogen-bond acceptors (Lipinski definition) is 3. The molecule has 100 valence electrons. The number of nitrogens with zero attached hydrogens (tertiary/aromatic N) is 1. The van der Waals surface area contributed by atoms with E-state index >= 15 is 0 Å². The molecule has 0 aromatic carbocycles. The Kier molecular flexibility index (Phi) is 5.98. The second kappa shape index (κ2) is 7.26. The lowest BCUT2D eigenvalue weighted by Gasteiger charge is -2.13. The molecular weight excluding hydrogens is 248 g/mol. The second-order valence-electron chi connectivity index (χ2n) is 4.22. The summed E-state index contributed by atoms with van der Waals surface area (Å²) in [6.45, 7) is 4.10. The van der Waals surface area contributed by atoms with E-state index in [2.05, 4.69) is 12.2 Å². The maximum atomic E-state index is 11.9. The third-order valence-electron chi connectivity index (χ3n) is 2.64. The zero-order valence-corrected chi connectivity index (χ0v) is 11.9. The number of aryl methyl sites for hydroxylation is 1. The summed E-state index contributed by atoms with van der Waals surface area (Å²) in [5, 5.41) is 2.90. The first-order valence-electron chi connectivity index (χ1n) is 6.10. The Morgan fingerprint density at radius 3 is 2.89 bits per heavy atom. The van der Waals surface area contributed by atoms with E-state index in [9.17, 15) is 9.59 Å². The number of aromatic nitrogens is 1. The summed E-state index contributed by atoms with van der Waals surface area (Å²) in [7, 11) is 1.66. The highest BCUT2D eigenvalue weighted by Crippen LogP contribution is 2.04. The fraction of sp³-hybridized carbons (Fsp3) is 0.538. The number of carbonyl (C=O) groups excluding carboxylic acids is 1. The van der Waals surface area contributed by atoms with Crippen LogP contribution in [-0.4, -0.2) is 28.0 Å². The van der Waals surface area contributed by atoms with Crippen LogP contribution in [0, 0.1) is 0 Å². The highest BCUT2D eigenvalue weighted by Gasteiger charge is 2.10. The van der Waals surface area contributed by atoms with Crippen LogP contribution >= 0.6 is 11.8 Å². The van der Waals surface area contributed by atoms with Gasteiger partial charge in [0.05, 0.1) is 0 Å². The van der Waals surface area contributed by atoms with Gasteiger partial charge in [0.2, 0.25) is 0 Å². The molecule has 1 rings (SSSR count). The van der Waals surface area contributed by atoms with Gasteiger partial charge in [0, 0.05) is 30.9 Å². The van der Waals surface area contributed by atoms with E-state index in [-0.39, 0.29) is 17.5 Å². The molecule has 5 heteroatoms. The van der Waals surface area contributed by atoms with Crippen LogP contribution < -0.4 is 10.9 Å². The summed E-state index contributed by atoms with van der Waals surface area (Å²) >= 11 is 1.86. The number of nitrogens with one attached hydrogen (secondary N) is 1. The summed E-state index contributed by atoms with van der Waals surface area (Å²) in [6.07, 6.45) is 2.55. The fourth-order valence-electron chi connectivity index (χ4n) is 1.47. The smallest absolute Gasteiger partial charge is 0.251 e. The summed E-state index contributed by atoms with van der Waals surface area (Å²) in [5.74, 6) is 1.95. The number of hydrogen-bond donors (Lipinski definition) is 1. The zero-order chi connectivity index (χ0) is 13.5. The van der Waals surface area contributed by atoms with Gasteiger partial charge < -0.3 is 9.88 Å². The van der Waals surface area contributed by atoms with Crippen LogP contribution in [-0.2, 0) is 7.05 Å². The summed E-state index contributed by atoms with van der Waals surface area (Å²) < 4.78 is 1.44. The largest absolute Gasteiger partial charge is 0.350 e. The van der Waals surface area contributed by atoms with Crippen molar-refractivity contribution in [2.24, 2.45) is 7.05 Å². The van der Waals surface area contributed by atoms with Crippen molar-refractivity contribution < 1.29 is 4.79 Å². The topological polar surface area (TPSA) is 51.1 Å². The van der Waals surface area contributed by atoms with Crippen LogP contribution in [0.3, 0.4) is 0 Å². The molecule has 1 N–H and O–H groups in total. The minimum Gasteiger partial charge on any atom is -0.350 e. The Morgan fingerprint density at radius 2 is 2.28 bits per heavy atom. The Bertz CT molecular complexity index is 457. The SMILES string of the molecule is CCSCCC(C)NC(=O)c1ccn(C)c(=O)c1. The van der Waals surface area contributed by atoms with Crippen LogP contribution in [0.15, 0.2) is 23.1 Å². The molecule has 0 saturated heterocycles. The maximum absolute atomic E-state index is 11.9. The predicted molar refractivity (Wildman–Crippen MR) is 76.2 cm³/mol. The zero-order valence-electron chi connectivity index (χ0n) is 11.1. The van der Waals surface area contributed by atoms with Gasteiger partial charge in [-0.05, 0) is 30.9 Å². The van der Waals surface area contributed by atoms with Gasteiger partial charge in [-0.25, -0.2) is 0 Å². The number of carbonyl (C=O) groups is 1. The van der Waals surface area contributed by atoms with Crippen molar-refractivity contribution in [1.82, 2.24) is 9.88 Å². The Hall–Kier alpha value is -1.23. The number of thioether (sulfide) groups is 1. The molecule has 0 radical (unpaired) electrons. The van der Waals surface area contributed by atoms with Crippen molar-refractivity contribution in [3.05, 3.63) is 34.2 Å². The minimum atomic E-state index is -0.179. The third kappa shape index (κ3) is 4.56. The quantitative estimate of drug-likeness (QED) is 0.798. The van der Waals surface area contributed by atoms with Gasteiger partial charge in [-0.1, -0.05) is 6.92 Å². The number of amides is 1. The van der Waals surface area contributed by atoms with Crippen LogP contribution in [0.1, 0.15) is 30.6 Å². The highest BCUT2D eigenvalue weighted by atomic mass is 32.2. The lowest BCUT2D eigenvalue weighted by Crippen LogP contribution is -2.33. The molecule has 0 aliphatic carbocycles. The van der Waals surface area contributed by atoms with Crippen molar-refractivity contribution in [1.29, 1.82) is 0 Å². The van der Waals surface area contributed by atoms with Crippen molar-refractivity contribution in [2.45, 2.75) is 26.3 Å². The maximum Gasteiger partial charge on any atom is 0.251 e. The van der Waals surface area contributed by atoms with E-state index in [1.165, 1.54) is 10.6 Å². The molecule has 0 aliphatic rings. The average molecular weight is 268 g/mol. The average Bonchev–Trinajstić information content (AvgIpc) is 2.33. The van der Waals surface area contributed by atoms with E-state index in [1.807, 2.05) is 18.7 Å². The molecule has 1 amide bonds. The fourth-order valence-corrected chi connectivity index (χ4v) is 2.28. The van der Waals surface area contributed by atoms with Gasteiger partial charge in [-0.2, -0.15) is 11.8 Å². The van der Waals surface area contributed by atoms with E-state index in [4.69, 9.17) is 0 Å². The molecule has 0 saturated carbocycles. The second-order valence-corrected chi connectivity index (χ2v) is 5.62. The van der Waals surface area contributed by atoms with Crippen LogP contribution in [0.25, 0.3) is 0 Å². The molecule has 0 bridgehead atoms. The van der Waals surface area contributed by atoms with Crippen molar-refractivity contribution in [2.75, 3.05) is 11.5 Å². The van der Waals surface area contributed by atoms with Crippen molar-refractivity contribution in [3.63, 3.8) is 0 Å². The molecule has 4 nitrogen and oxygen atoms in total. The minimum absolute atomic E-state index is 0.126. The van der Waals surface area contributed by atoms with Crippen LogP contribution in [0.4, 0.5) is 0 Å². The molecule has 0 spiro atoms. The predicted octanol–water partition coefficient (Wildman–Crippen LogP) is 1.65. The summed E-state index contributed by atoms with van der Waals surface area (Å²) in [6, 6.07) is 3.15. The summed E-state index contributed by atoms with van der Waals surface area (Å²) in [5.41, 5.74) is 0.255. The monoisotopic (exact) mass is 268 g/mol. The van der Waals surface area contributed by atoms with E-state index in [0.717, 1.165) is 17.9 Å².